The molecule has 1 saturated carbocycles. The van der Waals surface area contributed by atoms with Crippen LogP contribution < -0.4 is 20.5 Å². The summed E-state index contributed by atoms with van der Waals surface area (Å²) in [5, 5.41) is 20.9. The molecule has 1 aliphatic carbocycles. The number of hydrogen-bond acceptors (Lipinski definition) is 7. The molecule has 38 heavy (non-hydrogen) atoms. The predicted octanol–water partition coefficient (Wildman–Crippen LogP) is 5.05. The van der Waals surface area contributed by atoms with E-state index < -0.39 is 6.10 Å². The molecular weight excluding hydrogens is 527 g/mol. The number of hydrogen-bond donors (Lipinski definition) is 3. The van der Waals surface area contributed by atoms with Crippen molar-refractivity contribution >= 4 is 40.5 Å². The lowest BCUT2D eigenvalue weighted by atomic mass is 9.73. The van der Waals surface area contributed by atoms with E-state index in [0.717, 1.165) is 49.8 Å². The highest BCUT2D eigenvalue weighted by Crippen LogP contribution is 2.39. The van der Waals surface area contributed by atoms with E-state index in [-0.39, 0.29) is 17.7 Å². The molecule has 2 aliphatic rings. The first-order valence-corrected chi connectivity index (χ1v) is 13.8. The molecule has 4 rings (SSSR count). The Morgan fingerprint density at radius 2 is 1.76 bits per heavy atom. The number of anilines is 1. The first-order valence-electron chi connectivity index (χ1n) is 13.1. The summed E-state index contributed by atoms with van der Waals surface area (Å²) < 4.78 is 10.9. The quantitative estimate of drug-likeness (QED) is 0.261. The van der Waals surface area contributed by atoms with Crippen LogP contribution >= 0.6 is 23.2 Å². The van der Waals surface area contributed by atoms with Gasteiger partial charge in [0.05, 0.1) is 41.8 Å². The van der Waals surface area contributed by atoms with Crippen molar-refractivity contribution < 1.29 is 19.4 Å². The van der Waals surface area contributed by atoms with E-state index >= 15 is 0 Å². The number of rotatable bonds is 11. The average molecular weight is 564 g/mol. The van der Waals surface area contributed by atoms with E-state index in [1.807, 2.05) is 18.2 Å². The molecule has 1 unspecified atom stereocenters. The third-order valence-electron chi connectivity index (χ3n) is 7.39. The number of ether oxygens (including phenoxy) is 2. The minimum absolute atomic E-state index is 0.0313. The van der Waals surface area contributed by atoms with Gasteiger partial charge in [0.15, 0.2) is 11.5 Å². The average Bonchev–Trinajstić information content (AvgIpc) is 2.93. The molecule has 3 atom stereocenters. The fraction of sp³-hybridized carbons (Fsp3) is 0.500. The van der Waals surface area contributed by atoms with Gasteiger partial charge in [-0.1, -0.05) is 36.0 Å². The summed E-state index contributed by atoms with van der Waals surface area (Å²) in [4.78, 5) is 13.3. The first kappa shape index (κ1) is 28.5. The van der Waals surface area contributed by atoms with Crippen LogP contribution in [0.25, 0.3) is 0 Å². The van der Waals surface area contributed by atoms with Crippen molar-refractivity contribution in [2.24, 2.45) is 16.9 Å². The zero-order chi connectivity index (χ0) is 27.2. The molecule has 0 radical (unpaired) electrons. The summed E-state index contributed by atoms with van der Waals surface area (Å²) in [6.07, 6.45) is 4.89. The van der Waals surface area contributed by atoms with Gasteiger partial charge < -0.3 is 25.6 Å². The van der Waals surface area contributed by atoms with Gasteiger partial charge in [0.1, 0.15) is 0 Å². The van der Waals surface area contributed by atoms with Gasteiger partial charge in [-0.25, -0.2) is 5.01 Å². The van der Waals surface area contributed by atoms with Crippen LogP contribution in [0.4, 0.5) is 5.69 Å². The zero-order valence-electron chi connectivity index (χ0n) is 21.9. The minimum atomic E-state index is -0.758. The summed E-state index contributed by atoms with van der Waals surface area (Å²) in [5.74, 6) is 1.54. The van der Waals surface area contributed by atoms with Gasteiger partial charge in [-0.3, -0.25) is 4.79 Å². The zero-order valence-corrected chi connectivity index (χ0v) is 23.4. The molecule has 4 N–H and O–H groups in total. The maximum Gasteiger partial charge on any atom is 0.246 e. The number of nitrogen functional groups attached to an aromatic ring is 1. The number of carbonyl (C=O) groups excluding carboxylic acids is 1. The van der Waals surface area contributed by atoms with Crippen LogP contribution in [0.5, 0.6) is 11.5 Å². The summed E-state index contributed by atoms with van der Waals surface area (Å²) >= 11 is 12.2. The highest BCUT2D eigenvalue weighted by Gasteiger charge is 2.41. The van der Waals surface area contributed by atoms with Crippen LogP contribution in [-0.2, 0) is 4.79 Å². The highest BCUT2D eigenvalue weighted by molar-refractivity contribution is 6.38. The summed E-state index contributed by atoms with van der Waals surface area (Å²) in [6, 6.07) is 9.10. The SMILES string of the molecule is COc1ccc(C2=NN(CCCCNCC(O)c3cc(Cl)c(N)c(Cl)c3)C(=O)[C@H]3CCCC[C@@H]23)cc1OC. The first-order chi connectivity index (χ1) is 18.3. The minimum Gasteiger partial charge on any atom is -0.493 e. The molecule has 0 bridgehead atoms. The van der Waals surface area contributed by atoms with Crippen molar-refractivity contribution in [1.82, 2.24) is 10.3 Å². The van der Waals surface area contributed by atoms with Crippen LogP contribution in [0.15, 0.2) is 35.4 Å². The summed E-state index contributed by atoms with van der Waals surface area (Å²) in [6.45, 7) is 1.59. The van der Waals surface area contributed by atoms with Crippen molar-refractivity contribution in [1.29, 1.82) is 0 Å². The number of aliphatic hydroxyl groups is 1. The van der Waals surface area contributed by atoms with Crippen LogP contribution in [0.1, 0.15) is 55.8 Å². The Balaban J connectivity index is 1.35. The molecular formula is C28H36Cl2N4O4. The Morgan fingerprint density at radius 1 is 1.08 bits per heavy atom. The van der Waals surface area contributed by atoms with Crippen LogP contribution in [0.2, 0.25) is 10.0 Å². The normalized spacial score (nSPS) is 20.1. The fourth-order valence-corrected chi connectivity index (χ4v) is 5.79. The van der Waals surface area contributed by atoms with E-state index in [0.29, 0.717) is 52.4 Å². The van der Waals surface area contributed by atoms with Gasteiger partial charge >= 0.3 is 0 Å². The maximum atomic E-state index is 13.3. The van der Waals surface area contributed by atoms with Crippen molar-refractivity contribution in [3.8, 4) is 11.5 Å². The Labute approximate surface area is 234 Å². The lowest BCUT2D eigenvalue weighted by molar-refractivity contribution is -0.139. The summed E-state index contributed by atoms with van der Waals surface area (Å²) in [5.41, 5.74) is 8.61. The third-order valence-corrected chi connectivity index (χ3v) is 8.02. The molecule has 2 aromatic rings. The number of hydrazone groups is 1. The second-order valence-electron chi connectivity index (χ2n) is 9.84. The smallest absolute Gasteiger partial charge is 0.246 e. The lowest BCUT2D eigenvalue weighted by Crippen LogP contribution is -2.46. The second kappa shape index (κ2) is 13.0. The van der Waals surface area contributed by atoms with Gasteiger partial charge in [0, 0.05) is 30.5 Å². The number of nitrogens with zero attached hydrogens (tertiary/aromatic N) is 2. The number of carbonyl (C=O) groups is 1. The second-order valence-corrected chi connectivity index (χ2v) is 10.7. The maximum absolute atomic E-state index is 13.3. The standard InChI is InChI=1S/C28H36Cl2N4O4/c1-37-24-10-9-17(15-25(24)38-2)27-19-7-3-4-8-20(19)28(36)34(33-27)12-6-5-11-32-16-23(35)18-13-21(29)26(31)22(30)14-18/h9-10,13-15,19-20,23,32,35H,3-8,11-12,16,31H2,1-2H3/t19-,20+,23?/m1/s1. The highest BCUT2D eigenvalue weighted by atomic mass is 35.5. The Bertz CT molecular complexity index is 1150. The van der Waals surface area contributed by atoms with E-state index in [9.17, 15) is 9.90 Å². The number of nitrogens with one attached hydrogen (secondary N) is 1. The van der Waals surface area contributed by atoms with Gasteiger partial charge in [0.25, 0.3) is 0 Å². The molecule has 0 spiro atoms. The van der Waals surface area contributed by atoms with Crippen LogP contribution in [0.3, 0.4) is 0 Å². The number of nitrogens with two attached hydrogens (primary N) is 1. The van der Waals surface area contributed by atoms with Gasteiger partial charge in [-0.05, 0) is 68.1 Å². The summed E-state index contributed by atoms with van der Waals surface area (Å²) in [7, 11) is 3.24. The Morgan fingerprint density at radius 3 is 2.45 bits per heavy atom. The number of fused-ring (bicyclic) bond motifs is 1. The molecule has 1 heterocycles. The van der Waals surface area contributed by atoms with Crippen molar-refractivity contribution in [2.45, 2.75) is 44.6 Å². The number of halogens is 2. The molecule has 8 nitrogen and oxygen atoms in total. The van der Waals surface area contributed by atoms with Gasteiger partial charge in [-0.2, -0.15) is 5.10 Å². The molecule has 1 fully saturated rings. The van der Waals surface area contributed by atoms with E-state index in [2.05, 4.69) is 5.32 Å². The van der Waals surface area contributed by atoms with E-state index in [1.54, 1.807) is 31.4 Å². The number of unbranched alkanes of at least 4 members (excludes halogenated alkanes) is 1. The number of benzene rings is 2. The molecule has 1 amide bonds. The molecule has 10 heteroatoms. The molecule has 206 valence electrons. The third kappa shape index (κ3) is 6.37. The topological polar surface area (TPSA) is 109 Å². The molecule has 1 aliphatic heterocycles. The molecule has 0 saturated heterocycles. The fourth-order valence-electron chi connectivity index (χ4n) is 5.29. The Kier molecular flexibility index (Phi) is 9.76. The number of methoxy groups -OCH3 is 2. The van der Waals surface area contributed by atoms with Crippen LogP contribution in [0, 0.1) is 11.8 Å². The van der Waals surface area contributed by atoms with E-state index in [1.165, 1.54) is 0 Å². The van der Waals surface area contributed by atoms with Gasteiger partial charge in [-0.15, -0.1) is 0 Å². The van der Waals surface area contributed by atoms with Crippen LogP contribution in [-0.4, -0.2) is 55.6 Å². The van der Waals surface area contributed by atoms with Crippen molar-refractivity contribution in [2.75, 3.05) is 39.6 Å². The Hall–Kier alpha value is -2.52. The molecule has 2 aromatic carbocycles. The predicted molar refractivity (Wildman–Crippen MR) is 151 cm³/mol. The van der Waals surface area contributed by atoms with Gasteiger partial charge in [0.2, 0.25) is 5.91 Å². The monoisotopic (exact) mass is 562 g/mol. The van der Waals surface area contributed by atoms with E-state index in [4.69, 9.17) is 43.5 Å². The van der Waals surface area contributed by atoms with Crippen molar-refractivity contribution in [3.05, 3.63) is 51.5 Å². The molecule has 0 aromatic heterocycles. The van der Waals surface area contributed by atoms with Crippen molar-refractivity contribution in [3.63, 3.8) is 0 Å². The largest absolute Gasteiger partial charge is 0.493 e. The number of aliphatic hydroxyl groups excluding tert-OH is 1. The lowest BCUT2D eigenvalue weighted by Gasteiger charge is -2.38. The number of amides is 1.